The predicted molar refractivity (Wildman–Crippen MR) is 130 cm³/mol. The highest BCUT2D eigenvalue weighted by molar-refractivity contribution is 6.31. The first kappa shape index (κ1) is 21.3. The summed E-state index contributed by atoms with van der Waals surface area (Å²) in [6.45, 7) is 1.80. The summed E-state index contributed by atoms with van der Waals surface area (Å²) in [6.07, 6.45) is 1.90. The van der Waals surface area contributed by atoms with Gasteiger partial charge in [0.25, 0.3) is 5.91 Å². The lowest BCUT2D eigenvalue weighted by Crippen LogP contribution is -2.37. The number of nitrogens with one attached hydrogen (secondary N) is 1. The SMILES string of the molecule is O=C(Cn1ccc2ccc(Cl)cc21)NC[C@@H](CN1Cc2ccccc2C1=O)c1ccccc1. The van der Waals surface area contributed by atoms with E-state index in [4.69, 9.17) is 11.6 Å². The number of aromatic nitrogens is 1. The van der Waals surface area contributed by atoms with Crippen molar-refractivity contribution < 1.29 is 9.59 Å². The van der Waals surface area contributed by atoms with Crippen molar-refractivity contribution in [2.45, 2.75) is 19.0 Å². The highest BCUT2D eigenvalue weighted by atomic mass is 35.5. The van der Waals surface area contributed by atoms with E-state index < -0.39 is 0 Å². The Morgan fingerprint density at radius 3 is 2.61 bits per heavy atom. The zero-order chi connectivity index (χ0) is 22.8. The maximum absolute atomic E-state index is 12.9. The Hall–Kier alpha value is -3.57. The highest BCUT2D eigenvalue weighted by Crippen LogP contribution is 2.26. The van der Waals surface area contributed by atoms with Gasteiger partial charge in [-0.1, -0.05) is 66.2 Å². The number of hydrogen-bond acceptors (Lipinski definition) is 2. The van der Waals surface area contributed by atoms with E-state index in [-0.39, 0.29) is 24.3 Å². The third-order valence-electron chi connectivity index (χ3n) is 6.20. The summed E-state index contributed by atoms with van der Waals surface area (Å²) < 4.78 is 1.90. The van der Waals surface area contributed by atoms with Crippen LogP contribution >= 0.6 is 11.6 Å². The van der Waals surface area contributed by atoms with Crippen LogP contribution in [0.2, 0.25) is 5.02 Å². The fourth-order valence-electron chi connectivity index (χ4n) is 4.48. The van der Waals surface area contributed by atoms with Crippen molar-refractivity contribution >= 4 is 34.3 Å². The van der Waals surface area contributed by atoms with Crippen LogP contribution in [0.3, 0.4) is 0 Å². The standard InChI is InChI=1S/C27H24ClN3O2/c28-23-11-10-20-12-13-30(25(20)14-23)18-26(32)29-15-22(19-6-2-1-3-7-19)17-31-16-21-8-4-5-9-24(21)27(31)33/h1-14,22H,15-18H2,(H,29,32)/t22-/m0/s1. The van der Waals surface area contributed by atoms with Crippen LogP contribution in [0.4, 0.5) is 0 Å². The van der Waals surface area contributed by atoms with Crippen molar-refractivity contribution in [1.29, 1.82) is 0 Å². The molecule has 0 radical (unpaired) electrons. The fraction of sp³-hybridized carbons (Fsp3) is 0.185. The lowest BCUT2D eigenvalue weighted by Gasteiger charge is -2.24. The van der Waals surface area contributed by atoms with Crippen molar-refractivity contribution in [1.82, 2.24) is 14.8 Å². The maximum Gasteiger partial charge on any atom is 0.254 e. The summed E-state index contributed by atoms with van der Waals surface area (Å²) in [5.74, 6) is -0.0396. The van der Waals surface area contributed by atoms with Crippen molar-refractivity contribution in [2.24, 2.45) is 0 Å². The van der Waals surface area contributed by atoms with Gasteiger partial charge in [-0.25, -0.2) is 0 Å². The Bertz CT molecular complexity index is 1320. The predicted octanol–water partition coefficient (Wildman–Crippen LogP) is 4.85. The smallest absolute Gasteiger partial charge is 0.254 e. The van der Waals surface area contributed by atoms with E-state index >= 15 is 0 Å². The number of carbonyl (C=O) groups excluding carboxylic acids is 2. The van der Waals surface area contributed by atoms with Gasteiger partial charge in [0.2, 0.25) is 5.91 Å². The zero-order valence-corrected chi connectivity index (χ0v) is 18.8. The van der Waals surface area contributed by atoms with Gasteiger partial charge in [-0.15, -0.1) is 0 Å². The second-order valence-corrected chi connectivity index (χ2v) is 8.84. The first-order valence-electron chi connectivity index (χ1n) is 11.0. The average Bonchev–Trinajstić information content (AvgIpc) is 3.37. The van der Waals surface area contributed by atoms with Crippen molar-refractivity contribution in [3.63, 3.8) is 0 Å². The third kappa shape index (κ3) is 4.50. The third-order valence-corrected chi connectivity index (χ3v) is 6.44. The van der Waals surface area contributed by atoms with E-state index in [9.17, 15) is 9.59 Å². The molecule has 2 heterocycles. The van der Waals surface area contributed by atoms with Crippen LogP contribution in [0, 0.1) is 0 Å². The summed E-state index contributed by atoms with van der Waals surface area (Å²) in [5.41, 5.74) is 3.85. The zero-order valence-electron chi connectivity index (χ0n) is 18.1. The van der Waals surface area contributed by atoms with Gasteiger partial charge in [0.05, 0.1) is 0 Å². The van der Waals surface area contributed by atoms with Crippen LogP contribution in [0.25, 0.3) is 10.9 Å². The second kappa shape index (κ2) is 9.12. The quantitative estimate of drug-likeness (QED) is 0.431. The summed E-state index contributed by atoms with van der Waals surface area (Å²) in [4.78, 5) is 27.6. The molecule has 0 spiro atoms. The number of nitrogens with zero attached hydrogens (tertiary/aromatic N) is 2. The van der Waals surface area contributed by atoms with Gasteiger partial charge in [-0.05, 0) is 40.8 Å². The minimum atomic E-state index is -0.0792. The number of fused-ring (bicyclic) bond motifs is 2. The molecule has 0 unspecified atom stereocenters. The summed E-state index contributed by atoms with van der Waals surface area (Å²) in [7, 11) is 0. The number of halogens is 1. The molecule has 166 valence electrons. The van der Waals surface area contributed by atoms with Gasteiger partial charge in [0, 0.05) is 47.9 Å². The summed E-state index contributed by atoms with van der Waals surface area (Å²) >= 11 is 6.13. The molecule has 6 heteroatoms. The monoisotopic (exact) mass is 457 g/mol. The molecule has 1 N–H and O–H groups in total. The van der Waals surface area contributed by atoms with E-state index in [1.807, 2.05) is 94.5 Å². The number of rotatable bonds is 7. The second-order valence-electron chi connectivity index (χ2n) is 8.40. The highest BCUT2D eigenvalue weighted by Gasteiger charge is 2.29. The Balaban J connectivity index is 1.28. The molecule has 0 saturated carbocycles. The summed E-state index contributed by atoms with van der Waals surface area (Å²) in [5, 5.41) is 4.76. The van der Waals surface area contributed by atoms with Gasteiger partial charge in [-0.3, -0.25) is 9.59 Å². The van der Waals surface area contributed by atoms with Crippen LogP contribution in [0.5, 0.6) is 0 Å². The minimum absolute atomic E-state index is 0.00994. The fourth-order valence-corrected chi connectivity index (χ4v) is 4.65. The maximum atomic E-state index is 12.9. The van der Waals surface area contributed by atoms with E-state index in [0.29, 0.717) is 24.7 Å². The molecule has 0 saturated heterocycles. The molecule has 4 aromatic rings. The Kier molecular flexibility index (Phi) is 5.88. The van der Waals surface area contributed by atoms with Gasteiger partial charge >= 0.3 is 0 Å². The molecule has 33 heavy (non-hydrogen) atoms. The molecule has 2 amide bonds. The van der Waals surface area contributed by atoms with E-state index in [0.717, 1.165) is 27.6 Å². The van der Waals surface area contributed by atoms with Crippen molar-refractivity contribution in [2.75, 3.05) is 13.1 Å². The minimum Gasteiger partial charge on any atom is -0.354 e. The van der Waals surface area contributed by atoms with E-state index in [1.165, 1.54) is 0 Å². The van der Waals surface area contributed by atoms with E-state index in [2.05, 4.69) is 5.32 Å². The largest absolute Gasteiger partial charge is 0.354 e. The first-order valence-corrected chi connectivity index (χ1v) is 11.4. The lowest BCUT2D eigenvalue weighted by molar-refractivity contribution is -0.121. The molecule has 5 rings (SSSR count). The lowest BCUT2D eigenvalue weighted by atomic mass is 9.98. The molecule has 3 aromatic carbocycles. The number of benzene rings is 3. The van der Waals surface area contributed by atoms with Gasteiger partial charge in [-0.2, -0.15) is 0 Å². The first-order chi connectivity index (χ1) is 16.1. The average molecular weight is 458 g/mol. The van der Waals surface area contributed by atoms with Gasteiger partial charge < -0.3 is 14.8 Å². The number of carbonyl (C=O) groups is 2. The van der Waals surface area contributed by atoms with Crippen LogP contribution in [0.1, 0.15) is 27.4 Å². The molecule has 1 aliphatic heterocycles. The topological polar surface area (TPSA) is 54.3 Å². The number of hydrogen-bond donors (Lipinski definition) is 1. The van der Waals surface area contributed by atoms with Crippen LogP contribution in [-0.4, -0.2) is 34.4 Å². The molecular formula is C27H24ClN3O2. The molecule has 0 fully saturated rings. The Morgan fingerprint density at radius 2 is 1.79 bits per heavy atom. The van der Waals surface area contributed by atoms with Crippen LogP contribution in [0.15, 0.2) is 85.1 Å². The Morgan fingerprint density at radius 1 is 1.00 bits per heavy atom. The summed E-state index contributed by atoms with van der Waals surface area (Å²) in [6, 6.07) is 25.4. The molecule has 0 bridgehead atoms. The Labute approximate surface area is 197 Å². The molecule has 1 aromatic heterocycles. The molecule has 1 atom stereocenters. The van der Waals surface area contributed by atoms with Crippen LogP contribution in [-0.2, 0) is 17.9 Å². The van der Waals surface area contributed by atoms with Gasteiger partial charge in [0.1, 0.15) is 6.54 Å². The molecule has 1 aliphatic rings. The van der Waals surface area contributed by atoms with Crippen molar-refractivity contribution in [3.05, 3.63) is 107 Å². The van der Waals surface area contributed by atoms with E-state index in [1.54, 1.807) is 0 Å². The molecular weight excluding hydrogens is 434 g/mol. The normalized spacial score (nSPS) is 13.8. The van der Waals surface area contributed by atoms with Crippen molar-refractivity contribution in [3.8, 4) is 0 Å². The van der Waals surface area contributed by atoms with Gasteiger partial charge in [0.15, 0.2) is 0 Å². The molecule has 0 aliphatic carbocycles. The van der Waals surface area contributed by atoms with Crippen LogP contribution < -0.4 is 5.32 Å². The molecule has 5 nitrogen and oxygen atoms in total. The number of amides is 2.